The molecule has 1 aromatic heterocycles. The second kappa shape index (κ2) is 9.09. The normalized spacial score (nSPS) is 15.5. The molecule has 0 aliphatic carbocycles. The maximum atomic E-state index is 13.4. The highest BCUT2D eigenvalue weighted by molar-refractivity contribution is 5.86. The van der Waals surface area contributed by atoms with Crippen LogP contribution in [-0.2, 0) is 6.54 Å². The van der Waals surface area contributed by atoms with E-state index in [1.807, 2.05) is 24.3 Å². The summed E-state index contributed by atoms with van der Waals surface area (Å²) < 4.78 is 11.3. The average molecular weight is 424 g/mol. The van der Waals surface area contributed by atoms with E-state index in [-0.39, 0.29) is 17.8 Å². The quantitative estimate of drug-likeness (QED) is 0.629. The van der Waals surface area contributed by atoms with Gasteiger partial charge in [-0.2, -0.15) is 0 Å². The van der Waals surface area contributed by atoms with Gasteiger partial charge in [-0.3, -0.25) is 14.6 Å². The van der Waals surface area contributed by atoms with Crippen molar-refractivity contribution in [2.24, 2.45) is 0 Å². The van der Waals surface area contributed by atoms with Gasteiger partial charge in [-0.25, -0.2) is 0 Å². The van der Waals surface area contributed by atoms with Crippen molar-refractivity contribution < 1.29 is 19.4 Å². The second-order valence-corrected chi connectivity index (χ2v) is 7.87. The number of ether oxygens (including phenoxy) is 1. The fraction of sp³-hybridized carbons (Fsp3) is 0.375. The first-order valence-electron chi connectivity index (χ1n) is 10.5. The fourth-order valence-corrected chi connectivity index (χ4v) is 4.19. The predicted octanol–water partition coefficient (Wildman–Crippen LogP) is 2.59. The number of hydrogen-bond donors (Lipinski definition) is 2. The Bertz CT molecular complexity index is 1120. The fourth-order valence-electron chi connectivity index (χ4n) is 4.19. The Morgan fingerprint density at radius 2 is 1.71 bits per heavy atom. The van der Waals surface area contributed by atoms with Crippen LogP contribution >= 0.6 is 0 Å². The second-order valence-electron chi connectivity index (χ2n) is 7.87. The molecular weight excluding hydrogens is 396 g/mol. The number of fused-ring (bicyclic) bond motifs is 1. The first-order chi connectivity index (χ1) is 15.0. The summed E-state index contributed by atoms with van der Waals surface area (Å²) in [4.78, 5) is 17.8. The van der Waals surface area contributed by atoms with Crippen LogP contribution in [0.4, 0.5) is 0 Å². The van der Waals surface area contributed by atoms with Crippen molar-refractivity contribution in [1.82, 2.24) is 9.80 Å². The Balaban J connectivity index is 1.69. The van der Waals surface area contributed by atoms with Crippen LogP contribution in [0.2, 0.25) is 0 Å². The average Bonchev–Trinajstić information content (AvgIpc) is 2.78. The van der Waals surface area contributed by atoms with Crippen LogP contribution in [-0.4, -0.2) is 66.5 Å². The molecule has 0 unspecified atom stereocenters. The predicted molar refractivity (Wildman–Crippen MR) is 120 cm³/mol. The van der Waals surface area contributed by atoms with Crippen LogP contribution < -0.4 is 10.2 Å². The molecule has 31 heavy (non-hydrogen) atoms. The van der Waals surface area contributed by atoms with Crippen molar-refractivity contribution in [3.63, 3.8) is 0 Å². The van der Waals surface area contributed by atoms with E-state index in [1.165, 1.54) is 0 Å². The number of nitrogens with zero attached hydrogens (tertiary/aromatic N) is 2. The number of rotatable bonds is 6. The van der Waals surface area contributed by atoms with E-state index in [1.54, 1.807) is 26.2 Å². The van der Waals surface area contributed by atoms with Crippen LogP contribution in [0.25, 0.3) is 22.1 Å². The van der Waals surface area contributed by atoms with E-state index in [0.717, 1.165) is 37.5 Å². The Morgan fingerprint density at radius 1 is 1.03 bits per heavy atom. The summed E-state index contributed by atoms with van der Waals surface area (Å²) in [6.45, 7) is 6.47. The third-order valence-electron chi connectivity index (χ3n) is 5.96. The van der Waals surface area contributed by atoms with Gasteiger partial charge in [0.1, 0.15) is 22.8 Å². The minimum Gasteiger partial charge on any atom is -0.507 e. The van der Waals surface area contributed by atoms with Crippen LogP contribution in [0.3, 0.4) is 0 Å². The Hall–Kier alpha value is -2.87. The van der Waals surface area contributed by atoms with Gasteiger partial charge in [0.2, 0.25) is 5.43 Å². The highest BCUT2D eigenvalue weighted by atomic mass is 16.5. The van der Waals surface area contributed by atoms with E-state index in [9.17, 15) is 9.90 Å². The van der Waals surface area contributed by atoms with Crippen molar-refractivity contribution >= 4 is 11.0 Å². The maximum absolute atomic E-state index is 13.4. The van der Waals surface area contributed by atoms with Crippen LogP contribution in [0, 0.1) is 6.92 Å². The van der Waals surface area contributed by atoms with E-state index < -0.39 is 0 Å². The zero-order chi connectivity index (χ0) is 22.0. The lowest BCUT2D eigenvalue weighted by Crippen LogP contribution is -2.46. The smallest absolute Gasteiger partial charge is 0.200 e. The van der Waals surface area contributed by atoms with E-state index in [2.05, 4.69) is 9.80 Å². The SMILES string of the molecule is COc1ccc(-c2c(C)oc3c(CN4CCN(CCO)CC4)c(O)ccc3c2=O)cc1. The molecule has 7 heteroatoms. The number of β-amino-alcohol motifs (C(OH)–C–C–N with tert-alkyl or cyclic N) is 1. The van der Waals surface area contributed by atoms with Crippen molar-refractivity contribution in [3.8, 4) is 22.6 Å². The summed E-state index contributed by atoms with van der Waals surface area (Å²) in [6.07, 6.45) is 0. The number of hydrogen-bond acceptors (Lipinski definition) is 7. The molecular formula is C24H28N2O5. The number of phenols is 1. The zero-order valence-corrected chi connectivity index (χ0v) is 17.9. The lowest BCUT2D eigenvalue weighted by Gasteiger charge is -2.34. The van der Waals surface area contributed by atoms with Gasteiger partial charge >= 0.3 is 0 Å². The van der Waals surface area contributed by atoms with E-state index in [0.29, 0.717) is 40.9 Å². The molecule has 0 bridgehead atoms. The molecule has 2 N–H and O–H groups in total. The Morgan fingerprint density at radius 3 is 2.35 bits per heavy atom. The number of piperazine rings is 1. The van der Waals surface area contributed by atoms with Gasteiger partial charge in [0.05, 0.1) is 30.2 Å². The summed E-state index contributed by atoms with van der Waals surface area (Å²) in [5, 5.41) is 20.1. The maximum Gasteiger partial charge on any atom is 0.200 e. The van der Waals surface area contributed by atoms with Gasteiger partial charge in [-0.15, -0.1) is 0 Å². The van der Waals surface area contributed by atoms with Crippen molar-refractivity contribution in [2.75, 3.05) is 46.4 Å². The molecule has 0 atom stereocenters. The summed E-state index contributed by atoms with van der Waals surface area (Å²) in [6, 6.07) is 10.5. The first-order valence-corrected chi connectivity index (χ1v) is 10.5. The number of methoxy groups -OCH3 is 1. The molecule has 0 spiro atoms. The van der Waals surface area contributed by atoms with Gasteiger partial charge in [-0.05, 0) is 36.8 Å². The monoisotopic (exact) mass is 424 g/mol. The summed E-state index contributed by atoms with van der Waals surface area (Å²) in [5.41, 5.74) is 2.25. The van der Waals surface area contributed by atoms with Gasteiger partial charge in [0, 0.05) is 39.3 Å². The molecule has 2 aromatic carbocycles. The molecule has 1 fully saturated rings. The molecule has 1 saturated heterocycles. The number of aromatic hydroxyl groups is 1. The van der Waals surface area contributed by atoms with Gasteiger partial charge < -0.3 is 19.4 Å². The van der Waals surface area contributed by atoms with Gasteiger partial charge in [-0.1, -0.05) is 12.1 Å². The molecule has 164 valence electrons. The molecule has 2 heterocycles. The van der Waals surface area contributed by atoms with Gasteiger partial charge in [0.15, 0.2) is 0 Å². The number of phenolic OH excluding ortho intramolecular Hbond substituents is 1. The highest BCUT2D eigenvalue weighted by Crippen LogP contribution is 2.31. The zero-order valence-electron chi connectivity index (χ0n) is 17.9. The van der Waals surface area contributed by atoms with E-state index in [4.69, 9.17) is 14.3 Å². The summed E-state index contributed by atoms with van der Waals surface area (Å²) in [5.74, 6) is 1.37. The van der Waals surface area contributed by atoms with Crippen LogP contribution in [0.15, 0.2) is 45.6 Å². The third kappa shape index (κ3) is 4.30. The molecule has 7 nitrogen and oxygen atoms in total. The molecule has 0 amide bonds. The van der Waals surface area contributed by atoms with E-state index >= 15 is 0 Å². The molecule has 0 saturated carbocycles. The molecule has 3 aromatic rings. The number of aliphatic hydroxyl groups excluding tert-OH is 1. The number of aryl methyl sites for hydroxylation is 1. The van der Waals surface area contributed by atoms with Gasteiger partial charge in [0.25, 0.3) is 0 Å². The molecule has 4 rings (SSSR count). The topological polar surface area (TPSA) is 86.4 Å². The Labute approximate surface area is 181 Å². The standard InChI is InChI=1S/C24H28N2O5/c1-16-22(17-3-5-18(30-2)6-4-17)23(29)19-7-8-21(28)20(24(19)31-16)15-26-11-9-25(10-12-26)13-14-27/h3-8,27-28H,9-15H2,1-2H3. The third-order valence-corrected chi connectivity index (χ3v) is 5.96. The lowest BCUT2D eigenvalue weighted by molar-refractivity contribution is 0.108. The Kier molecular flexibility index (Phi) is 6.27. The highest BCUT2D eigenvalue weighted by Gasteiger charge is 2.22. The minimum absolute atomic E-state index is 0.113. The van der Waals surface area contributed by atoms with Crippen molar-refractivity contribution in [3.05, 3.63) is 57.9 Å². The molecule has 1 aliphatic heterocycles. The summed E-state index contributed by atoms with van der Waals surface area (Å²) in [7, 11) is 1.60. The number of aliphatic hydroxyl groups is 1. The molecule has 0 radical (unpaired) electrons. The lowest BCUT2D eigenvalue weighted by atomic mass is 10.0. The minimum atomic E-state index is -0.113. The van der Waals surface area contributed by atoms with Crippen molar-refractivity contribution in [2.45, 2.75) is 13.5 Å². The first kappa shape index (κ1) is 21.4. The van der Waals surface area contributed by atoms with Crippen LogP contribution in [0.1, 0.15) is 11.3 Å². The molecule has 1 aliphatic rings. The largest absolute Gasteiger partial charge is 0.507 e. The summed E-state index contributed by atoms with van der Waals surface area (Å²) >= 11 is 0. The number of benzene rings is 2. The van der Waals surface area contributed by atoms with Crippen molar-refractivity contribution in [1.29, 1.82) is 0 Å². The van der Waals surface area contributed by atoms with Crippen LogP contribution in [0.5, 0.6) is 11.5 Å².